The van der Waals surface area contributed by atoms with Gasteiger partial charge in [0.2, 0.25) is 0 Å². The van der Waals surface area contributed by atoms with Crippen LogP contribution in [-0.2, 0) is 0 Å². The SMILES string of the molecule is Cc1cc(C)c(Nc2ccc(C#N)cc2N)cc1C. The molecule has 3 nitrogen and oxygen atoms in total. The van der Waals surface area contributed by atoms with Crippen LogP contribution in [-0.4, -0.2) is 0 Å². The van der Waals surface area contributed by atoms with Crippen LogP contribution in [0.1, 0.15) is 22.3 Å². The lowest BCUT2D eigenvalue weighted by Crippen LogP contribution is -1.99. The molecule has 0 saturated carbocycles. The fourth-order valence-electron chi connectivity index (χ4n) is 1.99. The Bertz CT molecular complexity index is 666. The second-order valence-corrected chi connectivity index (χ2v) is 4.79. The Kier molecular flexibility index (Phi) is 3.43. The van der Waals surface area contributed by atoms with Gasteiger partial charge in [-0.3, -0.25) is 0 Å². The average molecular weight is 251 g/mol. The zero-order valence-electron chi connectivity index (χ0n) is 11.4. The highest BCUT2D eigenvalue weighted by molar-refractivity contribution is 5.75. The molecule has 0 atom stereocenters. The van der Waals surface area contributed by atoms with Crippen molar-refractivity contribution in [2.75, 3.05) is 11.1 Å². The van der Waals surface area contributed by atoms with Crippen molar-refractivity contribution in [2.24, 2.45) is 0 Å². The minimum atomic E-state index is 0.569. The van der Waals surface area contributed by atoms with Crippen LogP contribution >= 0.6 is 0 Å². The topological polar surface area (TPSA) is 61.8 Å². The molecule has 3 N–H and O–H groups in total. The highest BCUT2D eigenvalue weighted by Gasteiger charge is 2.05. The molecular formula is C16H17N3. The lowest BCUT2D eigenvalue weighted by molar-refractivity contribution is 1.29. The van der Waals surface area contributed by atoms with E-state index in [2.05, 4.69) is 44.3 Å². The van der Waals surface area contributed by atoms with Gasteiger partial charge in [0.15, 0.2) is 0 Å². The largest absolute Gasteiger partial charge is 0.397 e. The number of nitrogens with zero attached hydrogens (tertiary/aromatic N) is 1. The fraction of sp³-hybridized carbons (Fsp3) is 0.188. The van der Waals surface area contributed by atoms with Gasteiger partial charge >= 0.3 is 0 Å². The number of nitrogen functional groups attached to an aromatic ring is 1. The van der Waals surface area contributed by atoms with E-state index in [0.717, 1.165) is 11.4 Å². The van der Waals surface area contributed by atoms with Crippen molar-refractivity contribution in [2.45, 2.75) is 20.8 Å². The molecule has 2 rings (SSSR count). The summed E-state index contributed by atoms with van der Waals surface area (Å²) in [5.74, 6) is 0. The van der Waals surface area contributed by atoms with E-state index in [1.54, 1.807) is 12.1 Å². The molecule has 0 saturated heterocycles. The van der Waals surface area contributed by atoms with Crippen LogP contribution < -0.4 is 11.1 Å². The van der Waals surface area contributed by atoms with E-state index >= 15 is 0 Å². The monoisotopic (exact) mass is 251 g/mol. The van der Waals surface area contributed by atoms with Crippen LogP contribution in [0, 0.1) is 32.1 Å². The quantitative estimate of drug-likeness (QED) is 0.798. The Hall–Kier alpha value is -2.47. The molecule has 0 bridgehead atoms. The van der Waals surface area contributed by atoms with E-state index in [1.165, 1.54) is 16.7 Å². The van der Waals surface area contributed by atoms with Gasteiger partial charge in [-0.1, -0.05) is 6.07 Å². The van der Waals surface area contributed by atoms with Crippen molar-refractivity contribution in [3.05, 3.63) is 52.6 Å². The first-order valence-electron chi connectivity index (χ1n) is 6.16. The second kappa shape index (κ2) is 5.03. The summed E-state index contributed by atoms with van der Waals surface area (Å²) < 4.78 is 0. The van der Waals surface area contributed by atoms with Gasteiger partial charge in [-0.2, -0.15) is 5.26 Å². The standard InChI is InChI=1S/C16H17N3/c1-10-6-12(3)16(7-11(10)2)19-15-5-4-13(9-17)8-14(15)18/h4-8,19H,18H2,1-3H3. The number of nitrogens with two attached hydrogens (primary N) is 1. The molecule has 96 valence electrons. The maximum absolute atomic E-state index is 8.83. The Morgan fingerprint density at radius 1 is 0.947 bits per heavy atom. The van der Waals surface area contributed by atoms with Crippen molar-refractivity contribution in [1.82, 2.24) is 0 Å². The van der Waals surface area contributed by atoms with Crippen molar-refractivity contribution in [3.8, 4) is 6.07 Å². The lowest BCUT2D eigenvalue weighted by atomic mass is 10.0. The average Bonchev–Trinajstić information content (AvgIpc) is 2.38. The third-order valence-corrected chi connectivity index (χ3v) is 3.29. The van der Waals surface area contributed by atoms with Gasteiger partial charge in [-0.15, -0.1) is 0 Å². The summed E-state index contributed by atoms with van der Waals surface area (Å²) in [4.78, 5) is 0. The van der Waals surface area contributed by atoms with E-state index in [1.807, 2.05) is 6.07 Å². The van der Waals surface area contributed by atoms with Gasteiger partial charge in [0.05, 0.1) is 23.0 Å². The maximum atomic E-state index is 8.83. The molecule has 0 aliphatic carbocycles. The minimum Gasteiger partial charge on any atom is -0.397 e. The van der Waals surface area contributed by atoms with Gasteiger partial charge in [0, 0.05) is 5.69 Å². The molecule has 19 heavy (non-hydrogen) atoms. The predicted octanol–water partition coefficient (Wildman–Crippen LogP) is 3.81. The number of benzene rings is 2. The molecular weight excluding hydrogens is 234 g/mol. The van der Waals surface area contributed by atoms with Crippen LogP contribution in [0.15, 0.2) is 30.3 Å². The van der Waals surface area contributed by atoms with Crippen molar-refractivity contribution in [3.63, 3.8) is 0 Å². The van der Waals surface area contributed by atoms with Gasteiger partial charge in [0.1, 0.15) is 0 Å². The van der Waals surface area contributed by atoms with Crippen LogP contribution in [0.3, 0.4) is 0 Å². The highest BCUT2D eigenvalue weighted by atomic mass is 14.9. The van der Waals surface area contributed by atoms with Gasteiger partial charge in [-0.05, 0) is 61.7 Å². The Labute approximate surface area is 113 Å². The number of nitriles is 1. The van der Waals surface area contributed by atoms with Crippen LogP contribution in [0.4, 0.5) is 17.1 Å². The number of hydrogen-bond acceptors (Lipinski definition) is 3. The van der Waals surface area contributed by atoms with Crippen molar-refractivity contribution in [1.29, 1.82) is 5.26 Å². The summed E-state index contributed by atoms with van der Waals surface area (Å²) in [6, 6.07) is 11.6. The smallest absolute Gasteiger partial charge is 0.0992 e. The molecule has 0 fully saturated rings. The lowest BCUT2D eigenvalue weighted by Gasteiger charge is -2.14. The third kappa shape index (κ3) is 2.69. The molecule has 0 aliphatic heterocycles. The number of hydrogen-bond donors (Lipinski definition) is 2. The van der Waals surface area contributed by atoms with Crippen LogP contribution in [0.25, 0.3) is 0 Å². The molecule has 2 aromatic rings. The van der Waals surface area contributed by atoms with E-state index < -0.39 is 0 Å². The highest BCUT2D eigenvalue weighted by Crippen LogP contribution is 2.27. The van der Waals surface area contributed by atoms with Crippen LogP contribution in [0.5, 0.6) is 0 Å². The molecule has 0 radical (unpaired) electrons. The van der Waals surface area contributed by atoms with E-state index in [9.17, 15) is 0 Å². The Morgan fingerprint density at radius 2 is 1.63 bits per heavy atom. The predicted molar refractivity (Wildman–Crippen MR) is 79.5 cm³/mol. The first kappa shape index (κ1) is 13.0. The van der Waals surface area contributed by atoms with Crippen molar-refractivity contribution >= 4 is 17.1 Å². The number of nitrogens with one attached hydrogen (secondary N) is 1. The molecule has 0 aromatic heterocycles. The van der Waals surface area contributed by atoms with E-state index in [4.69, 9.17) is 11.0 Å². The molecule has 0 amide bonds. The summed E-state index contributed by atoms with van der Waals surface area (Å²) in [6.45, 7) is 6.25. The molecule has 0 unspecified atom stereocenters. The molecule has 3 heteroatoms. The summed E-state index contributed by atoms with van der Waals surface area (Å²) in [7, 11) is 0. The van der Waals surface area contributed by atoms with E-state index in [0.29, 0.717) is 11.3 Å². The zero-order valence-corrected chi connectivity index (χ0v) is 11.4. The zero-order chi connectivity index (χ0) is 14.0. The third-order valence-electron chi connectivity index (χ3n) is 3.29. The second-order valence-electron chi connectivity index (χ2n) is 4.79. The van der Waals surface area contributed by atoms with Gasteiger partial charge in [0.25, 0.3) is 0 Å². The van der Waals surface area contributed by atoms with Crippen LogP contribution in [0.2, 0.25) is 0 Å². The van der Waals surface area contributed by atoms with Crippen molar-refractivity contribution < 1.29 is 0 Å². The van der Waals surface area contributed by atoms with Gasteiger partial charge in [-0.25, -0.2) is 0 Å². The minimum absolute atomic E-state index is 0.569. The molecule has 0 aliphatic rings. The normalized spacial score (nSPS) is 10.0. The fourth-order valence-corrected chi connectivity index (χ4v) is 1.99. The number of aryl methyl sites for hydroxylation is 3. The summed E-state index contributed by atoms with van der Waals surface area (Å²) in [5.41, 5.74) is 12.6. The summed E-state index contributed by atoms with van der Waals surface area (Å²) >= 11 is 0. The number of anilines is 3. The first-order valence-corrected chi connectivity index (χ1v) is 6.16. The number of rotatable bonds is 2. The molecule has 0 heterocycles. The molecule has 2 aromatic carbocycles. The Morgan fingerprint density at radius 3 is 2.26 bits per heavy atom. The summed E-state index contributed by atoms with van der Waals surface area (Å²) in [6.07, 6.45) is 0. The first-order chi connectivity index (χ1) is 9.01. The molecule has 0 spiro atoms. The summed E-state index contributed by atoms with van der Waals surface area (Å²) in [5, 5.41) is 12.2. The van der Waals surface area contributed by atoms with E-state index in [-0.39, 0.29) is 0 Å². The van der Waals surface area contributed by atoms with Gasteiger partial charge < -0.3 is 11.1 Å². The Balaban J connectivity index is 2.37. The maximum Gasteiger partial charge on any atom is 0.0992 e.